The Morgan fingerprint density at radius 3 is 2.67 bits per heavy atom. The summed E-state index contributed by atoms with van der Waals surface area (Å²) in [6, 6.07) is 8.25. The fourth-order valence-electron chi connectivity index (χ4n) is 1.80. The lowest BCUT2D eigenvalue weighted by molar-refractivity contribution is -0.157. The minimum absolute atomic E-state index is 0.122. The van der Waals surface area contributed by atoms with Gasteiger partial charge >= 0.3 is 5.97 Å². The number of aliphatic carboxylic acids is 1. The maximum atomic E-state index is 11.6. The zero-order chi connectivity index (χ0) is 13.3. The van der Waals surface area contributed by atoms with Crippen LogP contribution >= 0.6 is 0 Å². The van der Waals surface area contributed by atoms with Crippen LogP contribution in [0.2, 0.25) is 0 Å². The summed E-state index contributed by atoms with van der Waals surface area (Å²) in [7, 11) is 0. The topological polar surface area (TPSA) is 79.5 Å². The highest BCUT2D eigenvalue weighted by Gasteiger charge is 2.30. The van der Waals surface area contributed by atoms with E-state index in [0.717, 1.165) is 0 Å². The molecule has 1 heterocycles. The number of rotatable bonds is 3. The Kier molecular flexibility index (Phi) is 2.92. The molecule has 5 nitrogen and oxygen atoms in total. The molecular formula is C13H13NO4. The summed E-state index contributed by atoms with van der Waals surface area (Å²) in [5, 5.41) is 19.2. The van der Waals surface area contributed by atoms with Gasteiger partial charge in [-0.25, -0.2) is 4.79 Å². The fourth-order valence-corrected chi connectivity index (χ4v) is 1.80. The minimum Gasteiger partial charge on any atom is -0.479 e. The molecule has 0 fully saturated rings. The van der Waals surface area contributed by atoms with Crippen LogP contribution in [0.1, 0.15) is 6.92 Å². The standard InChI is InChI=1S/C13H13NO4/c1-13(18,12(16)17)8-14-7-6-11(15)9-4-2-3-5-10(9)14/h2-7,18H,8H2,1H3,(H,16,17). The zero-order valence-corrected chi connectivity index (χ0v) is 9.83. The van der Waals surface area contributed by atoms with Gasteiger partial charge in [-0.3, -0.25) is 4.79 Å². The van der Waals surface area contributed by atoms with Crippen LogP contribution in [0.25, 0.3) is 10.9 Å². The number of carboxylic acids is 1. The van der Waals surface area contributed by atoms with Gasteiger partial charge < -0.3 is 14.8 Å². The predicted octanol–water partition coefficient (Wildman–Crippen LogP) is 0.837. The van der Waals surface area contributed by atoms with Crippen molar-refractivity contribution >= 4 is 16.9 Å². The van der Waals surface area contributed by atoms with Gasteiger partial charge in [0.1, 0.15) is 0 Å². The quantitative estimate of drug-likeness (QED) is 0.842. The van der Waals surface area contributed by atoms with Crippen LogP contribution in [-0.4, -0.2) is 26.4 Å². The summed E-state index contributed by atoms with van der Waals surface area (Å²) in [5.74, 6) is -1.30. The predicted molar refractivity (Wildman–Crippen MR) is 66.5 cm³/mol. The summed E-state index contributed by atoms with van der Waals surface area (Å²) in [5.41, 5.74) is -1.40. The molecule has 0 aliphatic rings. The molecule has 0 saturated heterocycles. The summed E-state index contributed by atoms with van der Waals surface area (Å²) in [4.78, 5) is 22.5. The summed E-state index contributed by atoms with van der Waals surface area (Å²) in [6.07, 6.45) is 1.49. The largest absolute Gasteiger partial charge is 0.479 e. The lowest BCUT2D eigenvalue weighted by atomic mass is 10.1. The van der Waals surface area contributed by atoms with Crippen LogP contribution in [0, 0.1) is 0 Å². The molecule has 0 amide bonds. The van der Waals surface area contributed by atoms with Crippen molar-refractivity contribution < 1.29 is 15.0 Å². The van der Waals surface area contributed by atoms with E-state index in [9.17, 15) is 14.7 Å². The first-order valence-corrected chi connectivity index (χ1v) is 5.46. The first-order valence-electron chi connectivity index (χ1n) is 5.46. The van der Waals surface area contributed by atoms with Crippen LogP contribution < -0.4 is 5.43 Å². The molecule has 5 heteroatoms. The third-order valence-corrected chi connectivity index (χ3v) is 2.82. The number of nitrogens with zero attached hydrogens (tertiary/aromatic N) is 1. The van der Waals surface area contributed by atoms with E-state index < -0.39 is 11.6 Å². The molecule has 1 aromatic carbocycles. The van der Waals surface area contributed by atoms with Crippen LogP contribution in [-0.2, 0) is 11.3 Å². The van der Waals surface area contributed by atoms with E-state index in [2.05, 4.69) is 0 Å². The van der Waals surface area contributed by atoms with Crippen LogP contribution in [0.5, 0.6) is 0 Å². The fraction of sp³-hybridized carbons (Fsp3) is 0.231. The van der Waals surface area contributed by atoms with E-state index >= 15 is 0 Å². The first kappa shape index (κ1) is 12.3. The normalized spacial score (nSPS) is 14.3. The highest BCUT2D eigenvalue weighted by molar-refractivity contribution is 5.80. The second-order valence-corrected chi connectivity index (χ2v) is 4.40. The van der Waals surface area contributed by atoms with Gasteiger partial charge in [-0.05, 0) is 19.1 Å². The third-order valence-electron chi connectivity index (χ3n) is 2.82. The minimum atomic E-state index is -1.88. The molecule has 1 atom stereocenters. The molecule has 94 valence electrons. The van der Waals surface area contributed by atoms with Crippen molar-refractivity contribution in [2.75, 3.05) is 0 Å². The van der Waals surface area contributed by atoms with Crippen molar-refractivity contribution in [3.05, 3.63) is 46.8 Å². The summed E-state index contributed by atoms with van der Waals surface area (Å²) < 4.78 is 1.56. The molecule has 1 unspecified atom stereocenters. The number of hydrogen-bond donors (Lipinski definition) is 2. The number of para-hydroxylation sites is 1. The summed E-state index contributed by atoms with van der Waals surface area (Å²) in [6.45, 7) is 1.10. The van der Waals surface area contributed by atoms with Gasteiger partial charge in [0.2, 0.25) is 0 Å². The van der Waals surface area contributed by atoms with Gasteiger partial charge in [-0.1, -0.05) is 12.1 Å². The van der Waals surface area contributed by atoms with Gasteiger partial charge in [0.15, 0.2) is 11.0 Å². The molecule has 1 aromatic heterocycles. The van der Waals surface area contributed by atoms with Gasteiger partial charge in [0.25, 0.3) is 0 Å². The smallest absolute Gasteiger partial charge is 0.337 e. The van der Waals surface area contributed by atoms with Crippen molar-refractivity contribution in [3.8, 4) is 0 Å². The number of carbonyl (C=O) groups is 1. The van der Waals surface area contributed by atoms with Crippen molar-refractivity contribution in [1.29, 1.82) is 0 Å². The lowest BCUT2D eigenvalue weighted by Crippen LogP contribution is -2.39. The zero-order valence-electron chi connectivity index (χ0n) is 9.83. The van der Waals surface area contributed by atoms with Gasteiger partial charge in [0.05, 0.1) is 12.1 Å². The molecule has 0 bridgehead atoms. The van der Waals surface area contributed by atoms with E-state index in [-0.39, 0.29) is 12.0 Å². The molecule has 0 radical (unpaired) electrons. The Labute approximate surface area is 103 Å². The Morgan fingerprint density at radius 2 is 2.00 bits per heavy atom. The van der Waals surface area contributed by atoms with Crippen LogP contribution in [0.15, 0.2) is 41.3 Å². The highest BCUT2D eigenvalue weighted by atomic mass is 16.4. The van der Waals surface area contributed by atoms with E-state index in [1.807, 2.05) is 0 Å². The Morgan fingerprint density at radius 1 is 1.33 bits per heavy atom. The van der Waals surface area contributed by atoms with Crippen LogP contribution in [0.4, 0.5) is 0 Å². The number of aliphatic hydroxyl groups is 1. The number of fused-ring (bicyclic) bond motifs is 1. The van der Waals surface area contributed by atoms with Crippen molar-refractivity contribution in [3.63, 3.8) is 0 Å². The monoisotopic (exact) mass is 247 g/mol. The second-order valence-electron chi connectivity index (χ2n) is 4.40. The maximum absolute atomic E-state index is 11.6. The maximum Gasteiger partial charge on any atom is 0.337 e. The van der Waals surface area contributed by atoms with Gasteiger partial charge in [-0.15, -0.1) is 0 Å². The second kappa shape index (κ2) is 4.27. The highest BCUT2D eigenvalue weighted by Crippen LogP contribution is 2.14. The molecule has 2 rings (SSSR count). The average molecular weight is 247 g/mol. The molecule has 2 aromatic rings. The first-order chi connectivity index (χ1) is 8.42. The van der Waals surface area contributed by atoms with Gasteiger partial charge in [0, 0.05) is 17.6 Å². The number of pyridine rings is 1. The van der Waals surface area contributed by atoms with E-state index in [1.165, 1.54) is 19.2 Å². The number of aromatic nitrogens is 1. The molecule has 0 spiro atoms. The molecule has 2 N–H and O–H groups in total. The summed E-state index contributed by atoms with van der Waals surface area (Å²) >= 11 is 0. The molecule has 18 heavy (non-hydrogen) atoms. The van der Waals surface area contributed by atoms with E-state index in [0.29, 0.717) is 10.9 Å². The molecule has 0 aliphatic carbocycles. The number of carboxylic acid groups (broad SMARTS) is 1. The van der Waals surface area contributed by atoms with Crippen molar-refractivity contribution in [1.82, 2.24) is 4.57 Å². The van der Waals surface area contributed by atoms with E-state index in [4.69, 9.17) is 5.11 Å². The molecule has 0 aliphatic heterocycles. The molecular weight excluding hydrogens is 234 g/mol. The molecule has 0 saturated carbocycles. The van der Waals surface area contributed by atoms with Crippen LogP contribution in [0.3, 0.4) is 0 Å². The SMILES string of the molecule is CC(O)(Cn1ccc(=O)c2ccccc21)C(=O)O. The Balaban J connectivity index is 2.57. The van der Waals surface area contributed by atoms with Crippen molar-refractivity contribution in [2.24, 2.45) is 0 Å². The number of benzene rings is 1. The Bertz CT molecular complexity index is 657. The Hall–Kier alpha value is -2.14. The van der Waals surface area contributed by atoms with Gasteiger partial charge in [-0.2, -0.15) is 0 Å². The average Bonchev–Trinajstić information content (AvgIpc) is 2.33. The number of hydrogen-bond acceptors (Lipinski definition) is 3. The lowest BCUT2D eigenvalue weighted by Gasteiger charge is -2.21. The third kappa shape index (κ3) is 2.12. The van der Waals surface area contributed by atoms with E-state index in [1.54, 1.807) is 28.8 Å². The van der Waals surface area contributed by atoms with Crippen molar-refractivity contribution in [2.45, 2.75) is 19.1 Å².